The van der Waals surface area contributed by atoms with Crippen molar-refractivity contribution in [2.24, 2.45) is 0 Å². The number of carboxylic acid groups (broad SMARTS) is 1. The van der Waals surface area contributed by atoms with Gasteiger partial charge in [-0.05, 0) is 29.8 Å². The van der Waals surface area contributed by atoms with Crippen LogP contribution in [0.2, 0.25) is 0 Å². The highest BCUT2D eigenvalue weighted by atomic mass is 16.6. The number of aromatic nitrogens is 3. The van der Waals surface area contributed by atoms with Gasteiger partial charge >= 0.3 is 5.97 Å². The Labute approximate surface area is 175 Å². The van der Waals surface area contributed by atoms with E-state index in [4.69, 9.17) is 9.84 Å². The van der Waals surface area contributed by atoms with Crippen LogP contribution in [0.25, 0.3) is 10.8 Å². The first-order chi connectivity index (χ1) is 15.0. The van der Waals surface area contributed by atoms with Crippen LogP contribution in [0.15, 0.2) is 67.1 Å². The summed E-state index contributed by atoms with van der Waals surface area (Å²) in [6, 6.07) is 13.5. The highest BCUT2D eigenvalue weighted by Gasteiger charge is 2.14. The van der Waals surface area contributed by atoms with Gasteiger partial charge < -0.3 is 15.2 Å². The largest absolute Gasteiger partial charge is 0.488 e. The Morgan fingerprint density at radius 3 is 2.55 bits per heavy atom. The molecule has 2 aromatic heterocycles. The second-order valence-corrected chi connectivity index (χ2v) is 6.44. The quantitative estimate of drug-likeness (QED) is 0.338. The van der Waals surface area contributed by atoms with E-state index in [2.05, 4.69) is 20.3 Å². The fourth-order valence-electron chi connectivity index (χ4n) is 2.97. The Morgan fingerprint density at radius 1 is 1.03 bits per heavy atom. The number of nitro benzene ring substituents is 1. The third-order valence-corrected chi connectivity index (χ3v) is 4.40. The van der Waals surface area contributed by atoms with Crippen molar-refractivity contribution in [3.8, 4) is 5.75 Å². The van der Waals surface area contributed by atoms with Crippen molar-refractivity contribution < 1.29 is 19.6 Å². The van der Waals surface area contributed by atoms with Crippen molar-refractivity contribution in [3.05, 3.63) is 88.5 Å². The van der Waals surface area contributed by atoms with Gasteiger partial charge in [0.1, 0.15) is 24.0 Å². The minimum Gasteiger partial charge on any atom is -0.488 e. The number of anilines is 2. The Hall–Kier alpha value is -4.60. The molecule has 0 fully saturated rings. The smallest absolute Gasteiger partial charge is 0.356 e. The van der Waals surface area contributed by atoms with Gasteiger partial charge in [-0.3, -0.25) is 10.1 Å². The zero-order valence-electron chi connectivity index (χ0n) is 15.9. The minimum absolute atomic E-state index is 0.0216. The number of carboxylic acids is 1. The summed E-state index contributed by atoms with van der Waals surface area (Å²) in [5.41, 5.74) is 0.666. The second kappa shape index (κ2) is 8.41. The van der Waals surface area contributed by atoms with Crippen molar-refractivity contribution in [3.63, 3.8) is 0 Å². The number of aromatic carboxylic acids is 1. The monoisotopic (exact) mass is 417 g/mol. The molecule has 154 valence electrons. The first kappa shape index (κ1) is 19.7. The molecule has 2 N–H and O–H groups in total. The first-order valence-electron chi connectivity index (χ1n) is 9.07. The Kier molecular flexibility index (Phi) is 5.35. The standard InChI is InChI=1S/C21H15N5O5/c27-21(28)16-10-24-20(11-23-16)25-19-9-13(7-8-22-19)12-31-18-6-5-17(26(29)30)14-3-1-2-4-15(14)18/h1-11H,12H2,(H,27,28)(H,22,24,25). The molecule has 0 aliphatic heterocycles. The van der Waals surface area contributed by atoms with Crippen LogP contribution in [0.3, 0.4) is 0 Å². The molecule has 0 saturated heterocycles. The van der Waals surface area contributed by atoms with E-state index in [0.29, 0.717) is 28.2 Å². The molecule has 10 heteroatoms. The van der Waals surface area contributed by atoms with Crippen molar-refractivity contribution in [1.82, 2.24) is 15.0 Å². The van der Waals surface area contributed by atoms with E-state index in [9.17, 15) is 14.9 Å². The van der Waals surface area contributed by atoms with Gasteiger partial charge in [-0.2, -0.15) is 0 Å². The van der Waals surface area contributed by atoms with Gasteiger partial charge in [0.05, 0.1) is 22.7 Å². The van der Waals surface area contributed by atoms with Crippen LogP contribution in [-0.2, 0) is 6.61 Å². The van der Waals surface area contributed by atoms with Crippen LogP contribution in [0.1, 0.15) is 16.1 Å². The molecule has 0 spiro atoms. The second-order valence-electron chi connectivity index (χ2n) is 6.44. The van der Waals surface area contributed by atoms with Gasteiger partial charge in [-0.25, -0.2) is 19.7 Å². The molecule has 10 nitrogen and oxygen atoms in total. The number of pyridine rings is 1. The van der Waals surface area contributed by atoms with Gasteiger partial charge in [0.25, 0.3) is 5.69 Å². The summed E-state index contributed by atoms with van der Waals surface area (Å²) in [6.45, 7) is 0.211. The number of nitrogens with one attached hydrogen (secondary N) is 1. The van der Waals surface area contributed by atoms with E-state index in [-0.39, 0.29) is 18.0 Å². The van der Waals surface area contributed by atoms with Crippen molar-refractivity contribution in [1.29, 1.82) is 0 Å². The Morgan fingerprint density at radius 2 is 1.84 bits per heavy atom. The topological polar surface area (TPSA) is 140 Å². The lowest BCUT2D eigenvalue weighted by molar-refractivity contribution is -0.383. The zero-order valence-corrected chi connectivity index (χ0v) is 15.9. The van der Waals surface area contributed by atoms with Crippen molar-refractivity contribution in [2.75, 3.05) is 5.32 Å². The number of nitrogens with zero attached hydrogens (tertiary/aromatic N) is 4. The van der Waals surface area contributed by atoms with Crippen LogP contribution >= 0.6 is 0 Å². The maximum Gasteiger partial charge on any atom is 0.356 e. The molecule has 31 heavy (non-hydrogen) atoms. The maximum atomic E-state index is 11.3. The van der Waals surface area contributed by atoms with E-state index in [1.54, 1.807) is 48.7 Å². The summed E-state index contributed by atoms with van der Waals surface area (Å²) in [6.07, 6.45) is 4.04. The zero-order chi connectivity index (χ0) is 21.8. The SMILES string of the molecule is O=C(O)c1cnc(Nc2cc(COc3ccc([N+](=O)[O-])c4ccccc34)ccn2)cn1. The fourth-order valence-corrected chi connectivity index (χ4v) is 2.97. The Bertz CT molecular complexity index is 1280. The molecular weight excluding hydrogens is 402 g/mol. The molecule has 0 saturated carbocycles. The number of nitro groups is 1. The number of benzene rings is 2. The van der Waals surface area contributed by atoms with Crippen LogP contribution in [0, 0.1) is 10.1 Å². The third-order valence-electron chi connectivity index (χ3n) is 4.40. The van der Waals surface area contributed by atoms with Crippen LogP contribution < -0.4 is 10.1 Å². The molecule has 0 radical (unpaired) electrons. The highest BCUT2D eigenvalue weighted by Crippen LogP contribution is 2.33. The number of hydrogen-bond donors (Lipinski definition) is 2. The van der Waals surface area contributed by atoms with E-state index in [0.717, 1.165) is 11.8 Å². The van der Waals surface area contributed by atoms with E-state index >= 15 is 0 Å². The van der Waals surface area contributed by atoms with E-state index in [1.165, 1.54) is 12.3 Å². The number of rotatable bonds is 7. The van der Waals surface area contributed by atoms with Crippen LogP contribution in [0.5, 0.6) is 5.75 Å². The minimum atomic E-state index is -1.16. The average Bonchev–Trinajstić information content (AvgIpc) is 2.78. The maximum absolute atomic E-state index is 11.3. The van der Waals surface area contributed by atoms with Crippen molar-refractivity contribution >= 4 is 34.1 Å². The molecule has 0 aliphatic rings. The molecule has 0 unspecified atom stereocenters. The Balaban J connectivity index is 1.50. The van der Waals surface area contributed by atoms with E-state index in [1.807, 2.05) is 0 Å². The van der Waals surface area contributed by atoms with Crippen LogP contribution in [-0.4, -0.2) is 31.0 Å². The summed E-state index contributed by atoms with van der Waals surface area (Å²) in [4.78, 5) is 33.7. The van der Waals surface area contributed by atoms with Gasteiger partial charge in [-0.15, -0.1) is 0 Å². The predicted octanol–water partition coefficient (Wildman–Crippen LogP) is 3.95. The molecule has 2 heterocycles. The summed E-state index contributed by atoms with van der Waals surface area (Å²) < 4.78 is 5.92. The number of carbonyl (C=O) groups is 1. The summed E-state index contributed by atoms with van der Waals surface area (Å²) in [7, 11) is 0. The predicted molar refractivity (Wildman–Crippen MR) is 111 cm³/mol. The lowest BCUT2D eigenvalue weighted by Crippen LogP contribution is -2.04. The normalized spacial score (nSPS) is 10.6. The number of fused-ring (bicyclic) bond motifs is 1. The molecule has 0 atom stereocenters. The molecular formula is C21H15N5O5. The van der Waals surface area contributed by atoms with Gasteiger partial charge in [0.2, 0.25) is 0 Å². The summed E-state index contributed by atoms with van der Waals surface area (Å²) >= 11 is 0. The van der Waals surface area contributed by atoms with Gasteiger partial charge in [0.15, 0.2) is 5.69 Å². The fraction of sp³-hybridized carbons (Fsp3) is 0.0476. The highest BCUT2D eigenvalue weighted by molar-refractivity contribution is 5.95. The molecule has 0 aliphatic carbocycles. The van der Waals surface area contributed by atoms with Gasteiger partial charge in [0, 0.05) is 17.6 Å². The summed E-state index contributed by atoms with van der Waals surface area (Å²) in [5, 5.41) is 24.2. The molecule has 2 aromatic carbocycles. The third kappa shape index (κ3) is 4.37. The van der Waals surface area contributed by atoms with Crippen LogP contribution in [0.4, 0.5) is 17.3 Å². The average molecular weight is 417 g/mol. The number of hydrogen-bond acceptors (Lipinski definition) is 8. The molecule has 0 amide bonds. The molecule has 4 rings (SSSR count). The summed E-state index contributed by atoms with van der Waals surface area (Å²) in [5.74, 6) is 0.196. The number of non-ortho nitro benzene ring substituents is 1. The lowest BCUT2D eigenvalue weighted by atomic mass is 10.1. The van der Waals surface area contributed by atoms with E-state index < -0.39 is 10.9 Å². The first-order valence-corrected chi connectivity index (χ1v) is 9.07. The molecule has 4 aromatic rings. The van der Waals surface area contributed by atoms with Crippen molar-refractivity contribution in [2.45, 2.75) is 6.61 Å². The number of ether oxygens (including phenoxy) is 1. The lowest BCUT2D eigenvalue weighted by Gasteiger charge is -2.11. The van der Waals surface area contributed by atoms with Gasteiger partial charge in [-0.1, -0.05) is 18.2 Å². The molecule has 0 bridgehead atoms.